The third kappa shape index (κ3) is 4.98. The molecule has 17 heavy (non-hydrogen) atoms. The van der Waals surface area contributed by atoms with Gasteiger partial charge >= 0.3 is 12.6 Å². The highest BCUT2D eigenvalue weighted by atomic mass is 19.3. The van der Waals surface area contributed by atoms with Crippen LogP contribution in [0.5, 0.6) is 5.75 Å². The van der Waals surface area contributed by atoms with Crippen LogP contribution in [0.3, 0.4) is 0 Å². The Morgan fingerprint density at radius 2 is 2.00 bits per heavy atom. The summed E-state index contributed by atoms with van der Waals surface area (Å²) in [6.45, 7) is -0.920. The maximum absolute atomic E-state index is 11.8. The van der Waals surface area contributed by atoms with Crippen molar-refractivity contribution >= 4 is 5.97 Å². The average Bonchev–Trinajstić information content (AvgIpc) is 2.28. The quantitative estimate of drug-likeness (QED) is 0.600. The molecule has 0 bridgehead atoms. The Morgan fingerprint density at radius 1 is 1.35 bits per heavy atom. The lowest BCUT2D eigenvalue weighted by molar-refractivity contribution is -0.136. The Morgan fingerprint density at radius 3 is 2.53 bits per heavy atom. The van der Waals surface area contributed by atoms with E-state index in [1.54, 1.807) is 6.92 Å². The van der Waals surface area contributed by atoms with Crippen LogP contribution < -0.4 is 4.74 Å². The normalized spacial score (nSPS) is 9.41. The van der Waals surface area contributed by atoms with Crippen LogP contribution in [0.25, 0.3) is 0 Å². The van der Waals surface area contributed by atoms with Gasteiger partial charge in [0.05, 0.1) is 6.61 Å². The third-order valence-electron chi connectivity index (χ3n) is 1.66. The summed E-state index contributed by atoms with van der Waals surface area (Å²) < 4.78 is 32.5. The van der Waals surface area contributed by atoms with Crippen LogP contribution >= 0.6 is 0 Å². The van der Waals surface area contributed by atoms with Crippen LogP contribution in [0.15, 0.2) is 24.3 Å². The molecule has 0 fully saturated rings. The van der Waals surface area contributed by atoms with Gasteiger partial charge < -0.3 is 9.47 Å². The van der Waals surface area contributed by atoms with Crippen molar-refractivity contribution in [2.45, 2.75) is 13.5 Å². The van der Waals surface area contributed by atoms with Crippen molar-refractivity contribution in [3.8, 4) is 17.6 Å². The van der Waals surface area contributed by atoms with E-state index in [4.69, 9.17) is 0 Å². The molecule has 0 saturated carbocycles. The summed E-state index contributed by atoms with van der Waals surface area (Å²) in [7, 11) is 0. The number of halogens is 2. The van der Waals surface area contributed by atoms with Crippen molar-refractivity contribution in [2.24, 2.45) is 0 Å². The first kappa shape index (κ1) is 13.0. The Labute approximate surface area is 97.3 Å². The number of carbonyl (C=O) groups excluding carboxylic acids is 1. The molecular formula is C12H10F2O3. The molecule has 0 heterocycles. The largest absolute Gasteiger partial charge is 0.456 e. The van der Waals surface area contributed by atoms with E-state index in [1.165, 1.54) is 24.3 Å². The summed E-state index contributed by atoms with van der Waals surface area (Å²) >= 11 is 0. The first-order chi connectivity index (χ1) is 8.11. The summed E-state index contributed by atoms with van der Waals surface area (Å²) in [6.07, 6.45) is 0. The molecule has 5 heteroatoms. The summed E-state index contributed by atoms with van der Waals surface area (Å²) in [5, 5.41) is 0. The van der Waals surface area contributed by atoms with E-state index in [9.17, 15) is 13.6 Å². The zero-order chi connectivity index (χ0) is 12.7. The van der Waals surface area contributed by atoms with E-state index in [1.807, 2.05) is 0 Å². The number of carbonyl (C=O) groups is 1. The minimum Gasteiger partial charge on any atom is -0.456 e. The van der Waals surface area contributed by atoms with E-state index in [2.05, 4.69) is 21.3 Å². The van der Waals surface area contributed by atoms with Gasteiger partial charge in [-0.05, 0) is 31.2 Å². The summed E-state index contributed by atoms with van der Waals surface area (Å²) in [5.41, 5.74) is 0.514. The molecular weight excluding hydrogens is 230 g/mol. The van der Waals surface area contributed by atoms with Crippen molar-refractivity contribution in [2.75, 3.05) is 6.61 Å². The molecule has 0 spiro atoms. The van der Waals surface area contributed by atoms with E-state index >= 15 is 0 Å². The van der Waals surface area contributed by atoms with Crippen molar-refractivity contribution < 1.29 is 23.0 Å². The monoisotopic (exact) mass is 240 g/mol. The second-order valence-electron chi connectivity index (χ2n) is 2.87. The lowest BCUT2D eigenvalue weighted by atomic mass is 10.2. The number of esters is 1. The van der Waals surface area contributed by atoms with E-state index in [0.717, 1.165) is 0 Å². The van der Waals surface area contributed by atoms with Crippen LogP contribution in [-0.2, 0) is 9.53 Å². The lowest BCUT2D eigenvalue weighted by Gasteiger charge is -2.02. The molecule has 0 N–H and O–H groups in total. The third-order valence-corrected chi connectivity index (χ3v) is 1.66. The molecule has 0 radical (unpaired) electrons. The van der Waals surface area contributed by atoms with Crippen molar-refractivity contribution in [1.29, 1.82) is 0 Å². The van der Waals surface area contributed by atoms with Gasteiger partial charge in [0.1, 0.15) is 5.75 Å². The predicted molar refractivity (Wildman–Crippen MR) is 56.6 cm³/mol. The van der Waals surface area contributed by atoms with Gasteiger partial charge in [-0.2, -0.15) is 8.78 Å². The maximum Gasteiger partial charge on any atom is 0.387 e. The van der Waals surface area contributed by atoms with E-state index < -0.39 is 12.6 Å². The van der Waals surface area contributed by atoms with Crippen LogP contribution in [0, 0.1) is 11.8 Å². The van der Waals surface area contributed by atoms with Crippen LogP contribution in [-0.4, -0.2) is 19.2 Å². The highest BCUT2D eigenvalue weighted by molar-refractivity contribution is 5.89. The molecule has 0 aliphatic heterocycles. The van der Waals surface area contributed by atoms with Crippen LogP contribution in [0.2, 0.25) is 0 Å². The highest BCUT2D eigenvalue weighted by Crippen LogP contribution is 2.14. The second kappa shape index (κ2) is 6.48. The standard InChI is InChI=1S/C12H10F2O3/c1-2-16-11(15)8-5-9-3-6-10(7-4-9)17-12(13)14/h3-4,6-7,12H,2H2,1H3. The molecule has 0 amide bonds. The zero-order valence-corrected chi connectivity index (χ0v) is 9.07. The number of hydrogen-bond donors (Lipinski definition) is 0. The van der Waals surface area contributed by atoms with Crippen molar-refractivity contribution in [3.63, 3.8) is 0 Å². The van der Waals surface area contributed by atoms with Gasteiger partial charge in [-0.3, -0.25) is 0 Å². The van der Waals surface area contributed by atoms with Gasteiger partial charge in [0.25, 0.3) is 0 Å². The number of benzene rings is 1. The molecule has 1 rings (SSSR count). The molecule has 0 saturated heterocycles. The van der Waals surface area contributed by atoms with Crippen molar-refractivity contribution in [3.05, 3.63) is 29.8 Å². The van der Waals surface area contributed by atoms with Gasteiger partial charge in [0.15, 0.2) is 0 Å². The smallest absolute Gasteiger partial charge is 0.387 e. The second-order valence-corrected chi connectivity index (χ2v) is 2.87. The average molecular weight is 240 g/mol. The summed E-state index contributed by atoms with van der Waals surface area (Å²) in [4.78, 5) is 10.9. The van der Waals surface area contributed by atoms with Gasteiger partial charge in [-0.1, -0.05) is 5.92 Å². The molecule has 3 nitrogen and oxygen atoms in total. The molecule has 0 aliphatic carbocycles. The molecule has 1 aromatic rings. The minimum absolute atomic E-state index is 0.0432. The molecule has 0 unspecified atom stereocenters. The van der Waals surface area contributed by atoms with E-state index in [-0.39, 0.29) is 12.4 Å². The molecule has 1 aromatic carbocycles. The first-order valence-corrected chi connectivity index (χ1v) is 4.85. The van der Waals surface area contributed by atoms with Crippen molar-refractivity contribution in [1.82, 2.24) is 0 Å². The van der Waals surface area contributed by atoms with Gasteiger partial charge in [0.2, 0.25) is 0 Å². The van der Waals surface area contributed by atoms with E-state index in [0.29, 0.717) is 5.56 Å². The lowest BCUT2D eigenvalue weighted by Crippen LogP contribution is -2.01. The number of ether oxygens (including phenoxy) is 2. The SMILES string of the molecule is CCOC(=O)C#Cc1ccc(OC(F)F)cc1. The molecule has 0 atom stereocenters. The maximum atomic E-state index is 11.8. The minimum atomic E-state index is -2.86. The number of alkyl halides is 2. The fourth-order valence-electron chi connectivity index (χ4n) is 1.01. The molecule has 0 aromatic heterocycles. The molecule has 90 valence electrons. The molecule has 0 aliphatic rings. The van der Waals surface area contributed by atoms with Crippen LogP contribution in [0.1, 0.15) is 12.5 Å². The predicted octanol–water partition coefficient (Wildman–Crippen LogP) is 2.20. The first-order valence-electron chi connectivity index (χ1n) is 4.85. The van der Waals surface area contributed by atoms with Gasteiger partial charge in [-0.15, -0.1) is 0 Å². The zero-order valence-electron chi connectivity index (χ0n) is 9.07. The van der Waals surface area contributed by atoms with Gasteiger partial charge in [-0.25, -0.2) is 4.79 Å². The number of hydrogen-bond acceptors (Lipinski definition) is 3. The van der Waals surface area contributed by atoms with Gasteiger partial charge in [0, 0.05) is 11.5 Å². The summed E-state index contributed by atoms with van der Waals surface area (Å²) in [5.74, 6) is 4.22. The summed E-state index contributed by atoms with van der Waals surface area (Å²) in [6, 6.07) is 5.65. The Hall–Kier alpha value is -2.09. The Kier molecular flexibility index (Phi) is 4.95. The Balaban J connectivity index is 2.65. The fourth-order valence-corrected chi connectivity index (χ4v) is 1.01. The Bertz CT molecular complexity index is 429. The number of rotatable bonds is 3. The van der Waals surface area contributed by atoms with Crippen LogP contribution in [0.4, 0.5) is 8.78 Å². The highest BCUT2D eigenvalue weighted by Gasteiger charge is 2.02. The topological polar surface area (TPSA) is 35.5 Å². The fraction of sp³-hybridized carbons (Fsp3) is 0.250.